The zero-order valence-corrected chi connectivity index (χ0v) is 11.9. The lowest BCUT2D eigenvalue weighted by Gasteiger charge is -2.23. The molecular weight excluding hydrogens is 278 g/mol. The maximum Gasteiger partial charge on any atom is 0.331 e. The van der Waals surface area contributed by atoms with Crippen LogP contribution in [0.15, 0.2) is 48.5 Å². The van der Waals surface area contributed by atoms with E-state index in [9.17, 15) is 14.7 Å². The molecule has 110 valence electrons. The molecule has 1 unspecified atom stereocenters. The molecule has 4 nitrogen and oxygen atoms in total. The highest BCUT2D eigenvalue weighted by Crippen LogP contribution is 2.38. The number of hydrogen-bond donors (Lipinski definition) is 1. The second-order valence-electron chi connectivity index (χ2n) is 5.88. The van der Waals surface area contributed by atoms with Crippen LogP contribution in [-0.2, 0) is 9.59 Å². The summed E-state index contributed by atoms with van der Waals surface area (Å²) >= 11 is 0. The predicted octanol–water partition coefficient (Wildman–Crippen LogP) is 2.68. The molecular formula is C18H15NO3. The fourth-order valence-corrected chi connectivity index (χ4v) is 3.17. The van der Waals surface area contributed by atoms with Crippen LogP contribution in [-0.4, -0.2) is 34.0 Å². The van der Waals surface area contributed by atoms with Crippen LogP contribution in [0.4, 0.5) is 0 Å². The van der Waals surface area contributed by atoms with Gasteiger partial charge in [0.15, 0.2) is 6.04 Å². The van der Waals surface area contributed by atoms with Crippen molar-refractivity contribution in [2.24, 2.45) is 0 Å². The van der Waals surface area contributed by atoms with Crippen LogP contribution in [0, 0.1) is 0 Å². The lowest BCUT2D eigenvalue weighted by molar-refractivity contribution is -0.145. The molecule has 0 spiro atoms. The maximum absolute atomic E-state index is 12.2. The summed E-state index contributed by atoms with van der Waals surface area (Å²) in [6.45, 7) is 0. The molecule has 0 bridgehead atoms. The molecule has 0 saturated heterocycles. The van der Waals surface area contributed by atoms with Gasteiger partial charge in [0.2, 0.25) is 5.91 Å². The minimum atomic E-state index is -0.961. The number of aliphatic carboxylic acids is 1. The van der Waals surface area contributed by atoms with E-state index >= 15 is 0 Å². The Morgan fingerprint density at radius 1 is 1.09 bits per heavy atom. The van der Waals surface area contributed by atoms with E-state index in [2.05, 4.69) is 0 Å². The monoisotopic (exact) mass is 293 g/mol. The van der Waals surface area contributed by atoms with Gasteiger partial charge in [0.25, 0.3) is 0 Å². The number of carboxylic acids is 1. The molecule has 1 heterocycles. The fourth-order valence-electron chi connectivity index (χ4n) is 3.17. The molecule has 1 aliphatic heterocycles. The number of nitrogens with zero attached hydrogens (tertiary/aromatic N) is 1. The van der Waals surface area contributed by atoms with Gasteiger partial charge in [-0.2, -0.15) is 0 Å². The quantitative estimate of drug-likeness (QED) is 0.946. The van der Waals surface area contributed by atoms with Crippen molar-refractivity contribution in [1.82, 2.24) is 4.90 Å². The van der Waals surface area contributed by atoms with Crippen LogP contribution in [0.5, 0.6) is 0 Å². The molecule has 1 saturated carbocycles. The Morgan fingerprint density at radius 3 is 2.50 bits per heavy atom. The Kier molecular flexibility index (Phi) is 2.79. The predicted molar refractivity (Wildman–Crippen MR) is 83.2 cm³/mol. The average Bonchev–Trinajstić information content (AvgIpc) is 3.29. The standard InChI is InChI=1S/C18H15NO3/c20-16-10-15(17(18(21)22)19(16)14-7-8-14)13-6-5-11-3-1-2-4-12(11)9-13/h1-6,9-10,14,17H,7-8H2,(H,21,22). The van der Waals surface area contributed by atoms with Gasteiger partial charge in [-0.05, 0) is 40.8 Å². The molecule has 0 radical (unpaired) electrons. The number of fused-ring (bicyclic) bond motifs is 1. The average molecular weight is 293 g/mol. The summed E-state index contributed by atoms with van der Waals surface area (Å²) in [5, 5.41) is 11.7. The maximum atomic E-state index is 12.2. The van der Waals surface area contributed by atoms with Crippen molar-refractivity contribution < 1.29 is 14.7 Å². The van der Waals surface area contributed by atoms with Crippen LogP contribution >= 0.6 is 0 Å². The van der Waals surface area contributed by atoms with Gasteiger partial charge in [-0.1, -0.05) is 36.4 Å². The van der Waals surface area contributed by atoms with Crippen LogP contribution in [0.2, 0.25) is 0 Å². The number of hydrogen-bond acceptors (Lipinski definition) is 2. The Balaban J connectivity index is 1.80. The van der Waals surface area contributed by atoms with Crippen molar-refractivity contribution in [3.8, 4) is 0 Å². The molecule has 1 fully saturated rings. The van der Waals surface area contributed by atoms with Gasteiger partial charge in [0.05, 0.1) is 0 Å². The zero-order chi connectivity index (χ0) is 15.3. The third kappa shape index (κ3) is 1.99. The van der Waals surface area contributed by atoms with Crippen LogP contribution in [0.25, 0.3) is 16.3 Å². The van der Waals surface area contributed by atoms with Crippen molar-refractivity contribution in [3.05, 3.63) is 54.1 Å². The molecule has 4 rings (SSSR count). The highest BCUT2D eigenvalue weighted by molar-refractivity contribution is 6.10. The Labute approximate surface area is 127 Å². The van der Waals surface area contributed by atoms with Crippen LogP contribution in [0.1, 0.15) is 18.4 Å². The summed E-state index contributed by atoms with van der Waals surface area (Å²) < 4.78 is 0. The molecule has 4 heteroatoms. The van der Waals surface area contributed by atoms with Crippen LogP contribution < -0.4 is 0 Å². The fraction of sp³-hybridized carbons (Fsp3) is 0.222. The van der Waals surface area contributed by atoms with Gasteiger partial charge >= 0.3 is 5.97 Å². The molecule has 1 atom stereocenters. The van der Waals surface area contributed by atoms with Gasteiger partial charge in [-0.15, -0.1) is 0 Å². The molecule has 1 aliphatic carbocycles. The zero-order valence-electron chi connectivity index (χ0n) is 11.9. The summed E-state index contributed by atoms with van der Waals surface area (Å²) in [4.78, 5) is 25.4. The van der Waals surface area contributed by atoms with E-state index < -0.39 is 12.0 Å². The third-order valence-corrected chi connectivity index (χ3v) is 4.36. The van der Waals surface area contributed by atoms with Gasteiger partial charge < -0.3 is 10.0 Å². The SMILES string of the molecule is O=C(O)C1C(c2ccc3ccccc3c2)=CC(=O)N1C1CC1. The Hall–Kier alpha value is -2.62. The second-order valence-corrected chi connectivity index (χ2v) is 5.88. The second kappa shape index (κ2) is 4.70. The van der Waals surface area contributed by atoms with Crippen molar-refractivity contribution in [2.75, 3.05) is 0 Å². The first-order valence-corrected chi connectivity index (χ1v) is 7.41. The third-order valence-electron chi connectivity index (χ3n) is 4.36. The van der Waals surface area contributed by atoms with Crippen molar-refractivity contribution in [3.63, 3.8) is 0 Å². The number of rotatable bonds is 3. The smallest absolute Gasteiger partial charge is 0.331 e. The number of carboxylic acid groups (broad SMARTS) is 1. The first kappa shape index (κ1) is 13.1. The largest absolute Gasteiger partial charge is 0.479 e. The molecule has 2 aromatic carbocycles. The van der Waals surface area contributed by atoms with E-state index in [4.69, 9.17) is 0 Å². The van der Waals surface area contributed by atoms with E-state index in [0.717, 1.165) is 29.2 Å². The van der Waals surface area contributed by atoms with E-state index in [1.54, 1.807) is 0 Å². The number of carbonyl (C=O) groups is 2. The first-order valence-electron chi connectivity index (χ1n) is 7.41. The minimum Gasteiger partial charge on any atom is -0.479 e. The van der Waals surface area contributed by atoms with E-state index in [1.165, 1.54) is 11.0 Å². The summed E-state index contributed by atoms with van der Waals surface area (Å²) in [6.07, 6.45) is 3.28. The Bertz CT molecular complexity index is 820. The van der Waals surface area contributed by atoms with E-state index in [-0.39, 0.29) is 11.9 Å². The highest BCUT2D eigenvalue weighted by atomic mass is 16.4. The summed E-state index contributed by atoms with van der Waals surface area (Å²) in [7, 11) is 0. The van der Waals surface area contributed by atoms with Crippen molar-refractivity contribution in [1.29, 1.82) is 0 Å². The molecule has 2 aliphatic rings. The number of amides is 1. The number of benzene rings is 2. The number of carbonyl (C=O) groups excluding carboxylic acids is 1. The van der Waals surface area contributed by atoms with E-state index in [1.807, 2.05) is 42.5 Å². The van der Waals surface area contributed by atoms with Gasteiger partial charge in [0.1, 0.15) is 0 Å². The van der Waals surface area contributed by atoms with Crippen LogP contribution in [0.3, 0.4) is 0 Å². The molecule has 0 aromatic heterocycles. The molecule has 1 N–H and O–H groups in total. The summed E-state index contributed by atoms with van der Waals surface area (Å²) in [6, 6.07) is 13.0. The van der Waals surface area contributed by atoms with Gasteiger partial charge in [-0.3, -0.25) is 4.79 Å². The lowest BCUT2D eigenvalue weighted by Crippen LogP contribution is -2.42. The van der Waals surface area contributed by atoms with E-state index in [0.29, 0.717) is 5.57 Å². The van der Waals surface area contributed by atoms with Gasteiger partial charge in [-0.25, -0.2) is 4.79 Å². The topological polar surface area (TPSA) is 57.6 Å². The normalized spacial score (nSPS) is 21.3. The highest BCUT2D eigenvalue weighted by Gasteiger charge is 2.45. The van der Waals surface area contributed by atoms with Crippen molar-refractivity contribution >= 4 is 28.2 Å². The first-order chi connectivity index (χ1) is 10.6. The van der Waals surface area contributed by atoms with Crippen molar-refractivity contribution in [2.45, 2.75) is 24.9 Å². The molecule has 1 amide bonds. The van der Waals surface area contributed by atoms with Gasteiger partial charge in [0, 0.05) is 12.1 Å². The minimum absolute atomic E-state index is 0.0859. The summed E-state index contributed by atoms with van der Waals surface area (Å²) in [5.41, 5.74) is 1.40. The summed E-state index contributed by atoms with van der Waals surface area (Å²) in [5.74, 6) is -1.14. The molecule has 22 heavy (non-hydrogen) atoms. The Morgan fingerprint density at radius 2 is 1.82 bits per heavy atom. The molecule has 2 aromatic rings. The lowest BCUT2D eigenvalue weighted by atomic mass is 9.97.